The zero-order valence-corrected chi connectivity index (χ0v) is 16.2. The molecule has 0 bridgehead atoms. The van der Waals surface area contributed by atoms with Crippen LogP contribution in [0.2, 0.25) is 0 Å². The lowest BCUT2D eigenvalue weighted by molar-refractivity contribution is -0.119. The molecule has 2 aromatic rings. The van der Waals surface area contributed by atoms with Crippen molar-refractivity contribution in [3.05, 3.63) is 41.7 Å². The lowest BCUT2D eigenvalue weighted by Crippen LogP contribution is -2.41. The number of amides is 3. The molecule has 1 fully saturated rings. The van der Waals surface area contributed by atoms with Gasteiger partial charge in [0.05, 0.1) is 0 Å². The number of aromatic amines is 1. The van der Waals surface area contributed by atoms with Crippen LogP contribution in [0.3, 0.4) is 0 Å². The van der Waals surface area contributed by atoms with Crippen molar-refractivity contribution in [3.63, 3.8) is 0 Å². The van der Waals surface area contributed by atoms with E-state index in [0.29, 0.717) is 17.6 Å². The van der Waals surface area contributed by atoms with E-state index < -0.39 is 11.3 Å². The summed E-state index contributed by atoms with van der Waals surface area (Å²) >= 11 is 1.24. The van der Waals surface area contributed by atoms with Gasteiger partial charge in [-0.05, 0) is 18.4 Å². The SMILES string of the molecule is CCNC(=O)NC(=O)[C@H](Sc1n[nH]c(CC2CCCC2)n1)c1ccccc1. The lowest BCUT2D eigenvalue weighted by Gasteiger charge is -2.14. The summed E-state index contributed by atoms with van der Waals surface area (Å²) in [7, 11) is 0. The predicted octanol–water partition coefficient (Wildman–Crippen LogP) is 3.22. The minimum Gasteiger partial charge on any atom is -0.338 e. The number of imide groups is 1. The number of urea groups is 1. The third-order valence-corrected chi connectivity index (χ3v) is 5.72. The molecule has 0 saturated heterocycles. The van der Waals surface area contributed by atoms with Crippen molar-refractivity contribution in [1.82, 2.24) is 25.8 Å². The number of H-pyrrole nitrogens is 1. The Morgan fingerprint density at radius 3 is 2.70 bits per heavy atom. The van der Waals surface area contributed by atoms with Crippen LogP contribution < -0.4 is 10.6 Å². The fourth-order valence-electron chi connectivity index (χ4n) is 3.30. The summed E-state index contributed by atoms with van der Waals surface area (Å²) in [4.78, 5) is 29.0. The van der Waals surface area contributed by atoms with E-state index in [9.17, 15) is 9.59 Å². The van der Waals surface area contributed by atoms with Gasteiger partial charge < -0.3 is 5.32 Å². The quantitative estimate of drug-likeness (QED) is 0.634. The molecule has 8 heteroatoms. The van der Waals surface area contributed by atoms with Gasteiger partial charge in [-0.25, -0.2) is 9.78 Å². The highest BCUT2D eigenvalue weighted by Crippen LogP contribution is 2.34. The third-order valence-electron chi connectivity index (χ3n) is 4.61. The van der Waals surface area contributed by atoms with Gasteiger partial charge in [0, 0.05) is 13.0 Å². The average molecular weight is 388 g/mol. The van der Waals surface area contributed by atoms with Crippen LogP contribution in [0.5, 0.6) is 0 Å². The fourth-order valence-corrected chi connectivity index (χ4v) is 4.23. The second kappa shape index (κ2) is 9.55. The molecule has 3 N–H and O–H groups in total. The molecule has 27 heavy (non-hydrogen) atoms. The Morgan fingerprint density at radius 1 is 1.26 bits per heavy atom. The van der Waals surface area contributed by atoms with E-state index in [1.54, 1.807) is 6.92 Å². The van der Waals surface area contributed by atoms with Crippen molar-refractivity contribution in [3.8, 4) is 0 Å². The summed E-state index contributed by atoms with van der Waals surface area (Å²) in [5, 5.41) is 12.1. The summed E-state index contributed by atoms with van der Waals surface area (Å²) in [6.45, 7) is 2.25. The van der Waals surface area contributed by atoms with Crippen LogP contribution in [0.1, 0.15) is 49.2 Å². The molecule has 144 valence electrons. The number of benzene rings is 1. The molecule has 0 unspecified atom stereocenters. The third kappa shape index (κ3) is 5.56. The van der Waals surface area contributed by atoms with E-state index in [0.717, 1.165) is 17.8 Å². The van der Waals surface area contributed by atoms with Gasteiger partial charge in [0.25, 0.3) is 0 Å². The summed E-state index contributed by atoms with van der Waals surface area (Å²) in [5.41, 5.74) is 0.798. The zero-order valence-electron chi connectivity index (χ0n) is 15.4. The summed E-state index contributed by atoms with van der Waals surface area (Å²) in [5.74, 6) is 1.14. The summed E-state index contributed by atoms with van der Waals surface area (Å²) < 4.78 is 0. The van der Waals surface area contributed by atoms with Gasteiger partial charge in [0.1, 0.15) is 11.1 Å². The zero-order chi connectivity index (χ0) is 19.1. The highest BCUT2D eigenvalue weighted by atomic mass is 32.2. The maximum atomic E-state index is 12.7. The number of carbonyl (C=O) groups excluding carboxylic acids is 2. The molecule has 1 saturated carbocycles. The molecule has 1 aromatic carbocycles. The first-order valence-corrected chi connectivity index (χ1v) is 10.2. The van der Waals surface area contributed by atoms with Crippen molar-refractivity contribution in [2.75, 3.05) is 6.54 Å². The van der Waals surface area contributed by atoms with Crippen LogP contribution >= 0.6 is 11.8 Å². The van der Waals surface area contributed by atoms with Crippen molar-refractivity contribution >= 4 is 23.7 Å². The van der Waals surface area contributed by atoms with Gasteiger partial charge in [0.15, 0.2) is 0 Å². The first kappa shape index (κ1) is 19.4. The summed E-state index contributed by atoms with van der Waals surface area (Å²) in [6.07, 6.45) is 5.96. The molecule has 3 amide bonds. The molecular weight excluding hydrogens is 362 g/mol. The minimum atomic E-state index is -0.607. The first-order chi connectivity index (χ1) is 13.2. The number of carbonyl (C=O) groups is 2. The maximum absolute atomic E-state index is 12.7. The normalized spacial score (nSPS) is 15.4. The molecule has 0 aliphatic heterocycles. The second-order valence-corrected chi connectivity index (χ2v) is 7.75. The van der Waals surface area contributed by atoms with Crippen LogP contribution in [0.15, 0.2) is 35.5 Å². The largest absolute Gasteiger partial charge is 0.338 e. The minimum absolute atomic E-state index is 0.390. The Morgan fingerprint density at radius 2 is 2.00 bits per heavy atom. The molecule has 0 radical (unpaired) electrons. The number of rotatable bonds is 7. The van der Waals surface area contributed by atoms with E-state index in [1.807, 2.05) is 30.3 Å². The van der Waals surface area contributed by atoms with E-state index >= 15 is 0 Å². The molecule has 7 nitrogen and oxygen atoms in total. The number of hydrogen-bond donors (Lipinski definition) is 3. The van der Waals surface area contributed by atoms with Crippen LogP contribution in [0.25, 0.3) is 0 Å². The number of nitrogens with one attached hydrogen (secondary N) is 3. The molecule has 1 aromatic heterocycles. The van der Waals surface area contributed by atoms with Gasteiger partial charge in [-0.3, -0.25) is 15.2 Å². The lowest BCUT2D eigenvalue weighted by atomic mass is 10.0. The topological polar surface area (TPSA) is 99.8 Å². The Balaban J connectivity index is 1.70. The fraction of sp³-hybridized carbons (Fsp3) is 0.474. The maximum Gasteiger partial charge on any atom is 0.321 e. The molecule has 3 rings (SSSR count). The second-order valence-electron chi connectivity index (χ2n) is 6.68. The molecule has 1 aliphatic carbocycles. The van der Waals surface area contributed by atoms with Crippen LogP contribution in [0, 0.1) is 5.92 Å². The van der Waals surface area contributed by atoms with Gasteiger partial charge in [0.2, 0.25) is 11.1 Å². The molecule has 0 spiro atoms. The Hall–Kier alpha value is -2.35. The Bertz CT molecular complexity index is 758. The van der Waals surface area contributed by atoms with Crippen molar-refractivity contribution < 1.29 is 9.59 Å². The van der Waals surface area contributed by atoms with E-state index in [1.165, 1.54) is 37.4 Å². The van der Waals surface area contributed by atoms with E-state index in [2.05, 4.69) is 25.8 Å². The van der Waals surface area contributed by atoms with Crippen molar-refractivity contribution in [2.45, 2.75) is 49.4 Å². The highest BCUT2D eigenvalue weighted by Gasteiger charge is 2.26. The summed E-state index contributed by atoms with van der Waals surface area (Å²) in [6, 6.07) is 8.85. The van der Waals surface area contributed by atoms with Crippen molar-refractivity contribution in [2.24, 2.45) is 5.92 Å². The standard InChI is InChI=1S/C19H25N5O2S/c1-2-20-18(26)22-17(25)16(14-10-4-3-5-11-14)27-19-21-15(23-24-19)12-13-8-6-7-9-13/h3-5,10-11,13,16H,2,6-9,12H2,1H3,(H,21,23,24)(H2,20,22,25,26)/t16-/m1/s1. The molecular formula is C19H25N5O2S. The van der Waals surface area contributed by atoms with Gasteiger partial charge in [-0.2, -0.15) is 0 Å². The number of hydrogen-bond acceptors (Lipinski definition) is 5. The molecule has 1 aliphatic rings. The van der Waals surface area contributed by atoms with Crippen LogP contribution in [-0.4, -0.2) is 33.7 Å². The van der Waals surface area contributed by atoms with Gasteiger partial charge >= 0.3 is 6.03 Å². The van der Waals surface area contributed by atoms with Gasteiger partial charge in [-0.15, -0.1) is 5.10 Å². The number of nitrogens with zero attached hydrogens (tertiary/aromatic N) is 2. The van der Waals surface area contributed by atoms with Crippen molar-refractivity contribution in [1.29, 1.82) is 0 Å². The Kier molecular flexibility index (Phi) is 6.86. The first-order valence-electron chi connectivity index (χ1n) is 9.37. The monoisotopic (exact) mass is 387 g/mol. The van der Waals surface area contributed by atoms with Gasteiger partial charge in [-0.1, -0.05) is 67.8 Å². The van der Waals surface area contributed by atoms with E-state index in [4.69, 9.17) is 0 Å². The molecule has 1 atom stereocenters. The smallest absolute Gasteiger partial charge is 0.321 e. The Labute approximate surface area is 163 Å². The van der Waals surface area contributed by atoms with Crippen LogP contribution in [0.4, 0.5) is 4.79 Å². The average Bonchev–Trinajstić information content (AvgIpc) is 3.33. The predicted molar refractivity (Wildman–Crippen MR) is 104 cm³/mol. The number of aromatic nitrogens is 3. The molecule has 1 heterocycles. The van der Waals surface area contributed by atoms with E-state index in [-0.39, 0.29) is 5.91 Å². The van der Waals surface area contributed by atoms with Crippen LogP contribution in [-0.2, 0) is 11.2 Å². The number of thioether (sulfide) groups is 1. The highest BCUT2D eigenvalue weighted by molar-refractivity contribution is 8.00.